The lowest BCUT2D eigenvalue weighted by Gasteiger charge is -2.69. The predicted molar refractivity (Wildman–Crippen MR) is 146 cm³/mol. The number of carbonyl (C=O) groups is 1. The summed E-state index contributed by atoms with van der Waals surface area (Å²) in [6.45, 7) is 16.0. The van der Waals surface area contributed by atoms with E-state index < -0.39 is 5.41 Å². The van der Waals surface area contributed by atoms with Crippen LogP contribution in [0.4, 0.5) is 0 Å². The van der Waals surface area contributed by atoms with Crippen molar-refractivity contribution in [1.29, 1.82) is 5.26 Å². The van der Waals surface area contributed by atoms with Gasteiger partial charge >= 0.3 is 0 Å². The third-order valence-corrected chi connectivity index (χ3v) is 13.0. The second-order valence-electron chi connectivity index (χ2n) is 15.5. The molecule has 6 nitrogen and oxygen atoms in total. The number of ketones is 1. The highest BCUT2D eigenvalue weighted by molar-refractivity contribution is 5.95. The van der Waals surface area contributed by atoms with Gasteiger partial charge in [-0.2, -0.15) is 10.4 Å². The molecule has 5 aliphatic carbocycles. The van der Waals surface area contributed by atoms with E-state index in [0.717, 1.165) is 44.9 Å². The standard InChI is InChI=1S/C32H44N4O2/c1-27(2)10-12-32(36-19-34-18-35-36)13-11-31(7)25(21(32)16-27)22(37)14-24-29(5)15-20(17-33)26(38)28(3,4)23(29)8-9-30(24,31)6/h14,18-19,21,23,25,38H,8-13,15-16H2,1-7H3/t21-,23-,25-,29-,30+,31+,32-/m0/s1. The van der Waals surface area contributed by atoms with Crippen LogP contribution in [-0.4, -0.2) is 25.7 Å². The van der Waals surface area contributed by atoms with Crippen molar-refractivity contribution in [3.63, 3.8) is 0 Å². The molecule has 3 saturated carbocycles. The van der Waals surface area contributed by atoms with Crippen molar-refractivity contribution in [3.05, 3.63) is 35.6 Å². The number of aliphatic hydroxyl groups is 1. The quantitative estimate of drug-likeness (QED) is 0.438. The summed E-state index contributed by atoms with van der Waals surface area (Å²) in [5, 5.41) is 25.7. The molecule has 204 valence electrons. The number of nitrogens with zero attached hydrogens (tertiary/aromatic N) is 4. The number of rotatable bonds is 1. The number of nitriles is 1. The molecular formula is C32H44N4O2. The Labute approximate surface area is 227 Å². The topological polar surface area (TPSA) is 91.8 Å². The van der Waals surface area contributed by atoms with Crippen molar-refractivity contribution in [3.8, 4) is 6.07 Å². The number of hydrogen-bond acceptors (Lipinski definition) is 5. The Morgan fingerprint density at radius 1 is 1.05 bits per heavy atom. The van der Waals surface area contributed by atoms with Crippen LogP contribution in [0.15, 0.2) is 35.6 Å². The number of aliphatic hydroxyl groups excluding tert-OH is 1. The lowest BCUT2D eigenvalue weighted by Crippen LogP contribution is -2.66. The van der Waals surface area contributed by atoms with E-state index in [1.807, 2.05) is 12.4 Å². The summed E-state index contributed by atoms with van der Waals surface area (Å²) < 4.78 is 2.11. The van der Waals surface area contributed by atoms with E-state index in [9.17, 15) is 15.2 Å². The summed E-state index contributed by atoms with van der Waals surface area (Å²) in [6, 6.07) is 2.32. The molecule has 38 heavy (non-hydrogen) atoms. The van der Waals surface area contributed by atoms with Crippen LogP contribution in [0, 0.1) is 56.2 Å². The van der Waals surface area contributed by atoms with Gasteiger partial charge in [-0.3, -0.25) is 4.79 Å². The maximum Gasteiger partial charge on any atom is 0.159 e. The summed E-state index contributed by atoms with van der Waals surface area (Å²) in [5.74, 6) is 0.845. The van der Waals surface area contributed by atoms with Crippen molar-refractivity contribution in [2.45, 2.75) is 105 Å². The van der Waals surface area contributed by atoms with Gasteiger partial charge in [0.25, 0.3) is 0 Å². The van der Waals surface area contributed by atoms with E-state index >= 15 is 0 Å². The maximum absolute atomic E-state index is 14.6. The van der Waals surface area contributed by atoms with Crippen LogP contribution < -0.4 is 0 Å². The van der Waals surface area contributed by atoms with Crippen molar-refractivity contribution >= 4 is 5.78 Å². The van der Waals surface area contributed by atoms with Crippen LogP contribution >= 0.6 is 0 Å². The lowest BCUT2D eigenvalue weighted by atomic mass is 9.35. The Bertz CT molecular complexity index is 1300. The van der Waals surface area contributed by atoms with Gasteiger partial charge in [0.1, 0.15) is 18.4 Å². The van der Waals surface area contributed by atoms with E-state index in [1.54, 1.807) is 6.33 Å². The zero-order valence-electron chi connectivity index (χ0n) is 24.3. The smallest absolute Gasteiger partial charge is 0.159 e. The fourth-order valence-electron chi connectivity index (χ4n) is 10.7. The molecule has 0 aliphatic heterocycles. The molecule has 0 bridgehead atoms. The van der Waals surface area contributed by atoms with Gasteiger partial charge in [0.05, 0.1) is 17.2 Å². The molecule has 7 atom stereocenters. The van der Waals surface area contributed by atoms with E-state index in [2.05, 4.69) is 69.3 Å². The molecule has 0 spiro atoms. The molecular weight excluding hydrogens is 472 g/mol. The molecule has 1 heterocycles. The number of carbonyl (C=O) groups excluding carboxylic acids is 1. The molecule has 1 aromatic heterocycles. The van der Waals surface area contributed by atoms with Gasteiger partial charge in [-0.1, -0.05) is 54.0 Å². The Kier molecular flexibility index (Phi) is 5.17. The fourth-order valence-corrected chi connectivity index (χ4v) is 10.7. The molecule has 3 fully saturated rings. The lowest BCUT2D eigenvalue weighted by molar-refractivity contribution is -0.170. The van der Waals surface area contributed by atoms with Crippen LogP contribution in [0.2, 0.25) is 0 Å². The van der Waals surface area contributed by atoms with Crippen molar-refractivity contribution in [2.75, 3.05) is 0 Å². The molecule has 0 unspecified atom stereocenters. The Balaban J connectivity index is 1.52. The number of allylic oxidation sites excluding steroid dienone is 4. The first-order valence-corrected chi connectivity index (χ1v) is 14.6. The van der Waals surface area contributed by atoms with Crippen molar-refractivity contribution < 1.29 is 9.90 Å². The van der Waals surface area contributed by atoms with Crippen LogP contribution in [0.25, 0.3) is 0 Å². The zero-order chi connectivity index (χ0) is 27.5. The highest BCUT2D eigenvalue weighted by atomic mass is 16.3. The van der Waals surface area contributed by atoms with Gasteiger partial charge in [-0.15, -0.1) is 0 Å². The Morgan fingerprint density at radius 3 is 2.42 bits per heavy atom. The minimum atomic E-state index is -0.497. The van der Waals surface area contributed by atoms with Gasteiger partial charge in [0, 0.05) is 11.3 Å². The maximum atomic E-state index is 14.6. The summed E-state index contributed by atoms with van der Waals surface area (Å²) >= 11 is 0. The van der Waals surface area contributed by atoms with E-state index in [-0.39, 0.29) is 56.5 Å². The van der Waals surface area contributed by atoms with Crippen LogP contribution in [-0.2, 0) is 10.3 Å². The second kappa shape index (κ2) is 7.61. The first-order chi connectivity index (χ1) is 17.7. The molecule has 0 amide bonds. The largest absolute Gasteiger partial charge is 0.511 e. The molecule has 0 aromatic carbocycles. The van der Waals surface area contributed by atoms with Crippen molar-refractivity contribution in [1.82, 2.24) is 14.8 Å². The Hall–Kier alpha value is -2.42. The summed E-state index contributed by atoms with van der Waals surface area (Å²) in [7, 11) is 0. The first-order valence-electron chi connectivity index (χ1n) is 14.6. The molecule has 0 radical (unpaired) electrons. The summed E-state index contributed by atoms with van der Waals surface area (Å²) in [6.07, 6.45) is 13.2. The second-order valence-corrected chi connectivity index (χ2v) is 15.5. The zero-order valence-corrected chi connectivity index (χ0v) is 24.3. The average Bonchev–Trinajstić information content (AvgIpc) is 3.38. The fraction of sp³-hybridized carbons (Fsp3) is 0.750. The first kappa shape index (κ1) is 25.8. The predicted octanol–water partition coefficient (Wildman–Crippen LogP) is 6.91. The molecule has 6 heteroatoms. The molecule has 0 saturated heterocycles. The molecule has 6 rings (SSSR count). The summed E-state index contributed by atoms with van der Waals surface area (Å²) in [5.41, 5.74) is 0.597. The number of fused-ring (bicyclic) bond motifs is 7. The average molecular weight is 517 g/mol. The van der Waals surface area contributed by atoms with Gasteiger partial charge in [-0.05, 0) is 90.9 Å². The monoisotopic (exact) mass is 516 g/mol. The van der Waals surface area contributed by atoms with E-state index in [1.165, 1.54) is 5.57 Å². The van der Waals surface area contributed by atoms with Gasteiger partial charge in [-0.25, -0.2) is 9.67 Å². The highest BCUT2D eigenvalue weighted by Gasteiger charge is 2.70. The van der Waals surface area contributed by atoms with E-state index in [4.69, 9.17) is 0 Å². The van der Waals surface area contributed by atoms with Gasteiger partial charge in [0.2, 0.25) is 0 Å². The molecule has 1 N–H and O–H groups in total. The van der Waals surface area contributed by atoms with Gasteiger partial charge < -0.3 is 5.11 Å². The SMILES string of the molecule is CC1(C)CC[C@]2(n3cncn3)CC[C@]3(C)[C@H](C(=O)C=C4[C@@]5(C)CC(C#N)=C(O)C(C)(C)[C@@H]5CC[C@]43C)[C@@H]2C1. The van der Waals surface area contributed by atoms with E-state index in [0.29, 0.717) is 12.0 Å². The third kappa shape index (κ3) is 2.97. The minimum absolute atomic E-state index is 0.0649. The number of hydrogen-bond donors (Lipinski definition) is 1. The van der Waals surface area contributed by atoms with Crippen molar-refractivity contribution in [2.24, 2.45) is 44.8 Å². The van der Waals surface area contributed by atoms with Gasteiger partial charge in [0.15, 0.2) is 5.78 Å². The van der Waals surface area contributed by atoms with Crippen LogP contribution in [0.1, 0.15) is 99.8 Å². The molecule has 1 aromatic rings. The number of aromatic nitrogens is 3. The normalized spacial score (nSPS) is 45.2. The minimum Gasteiger partial charge on any atom is -0.511 e. The third-order valence-electron chi connectivity index (χ3n) is 13.0. The Morgan fingerprint density at radius 2 is 1.76 bits per heavy atom. The summed E-state index contributed by atoms with van der Waals surface area (Å²) in [4.78, 5) is 18.9. The highest BCUT2D eigenvalue weighted by Crippen LogP contribution is 2.74. The van der Waals surface area contributed by atoms with Crippen LogP contribution in [0.5, 0.6) is 0 Å². The molecule has 5 aliphatic rings. The van der Waals surface area contributed by atoms with Crippen LogP contribution in [0.3, 0.4) is 0 Å².